The molecule has 0 unspecified atom stereocenters. The first-order chi connectivity index (χ1) is 9.95. The number of aryl methyl sites for hydroxylation is 2. The number of hydrogen-bond donors (Lipinski definition) is 1. The van der Waals surface area contributed by atoms with Crippen LogP contribution in [0.3, 0.4) is 0 Å². The molecule has 1 aromatic carbocycles. The van der Waals surface area contributed by atoms with Crippen LogP contribution in [0.15, 0.2) is 36.5 Å². The molecular weight excluding hydrogens is 264 g/mol. The summed E-state index contributed by atoms with van der Waals surface area (Å²) in [6.07, 6.45) is 1.59. The highest BCUT2D eigenvalue weighted by Crippen LogP contribution is 2.17. The van der Waals surface area contributed by atoms with Crippen LogP contribution < -0.4 is 10.1 Å². The molecule has 1 N–H and O–H groups in total. The number of benzene rings is 1. The van der Waals surface area contributed by atoms with Crippen LogP contribution in [-0.4, -0.2) is 17.0 Å². The number of nitrogens with zero attached hydrogens (tertiary/aromatic N) is 1. The summed E-state index contributed by atoms with van der Waals surface area (Å²) in [6.45, 7) is 7.86. The van der Waals surface area contributed by atoms with Gasteiger partial charge in [0.2, 0.25) is 5.88 Å². The van der Waals surface area contributed by atoms with Crippen molar-refractivity contribution in [2.45, 2.75) is 33.8 Å². The van der Waals surface area contributed by atoms with Gasteiger partial charge in [0.05, 0.1) is 11.7 Å². The van der Waals surface area contributed by atoms with E-state index in [0.717, 1.165) is 11.3 Å². The molecule has 4 heteroatoms. The van der Waals surface area contributed by atoms with Crippen molar-refractivity contribution in [3.63, 3.8) is 0 Å². The zero-order valence-electron chi connectivity index (χ0n) is 12.8. The largest absolute Gasteiger partial charge is 0.475 e. The molecule has 0 saturated heterocycles. The lowest BCUT2D eigenvalue weighted by molar-refractivity contribution is 0.102. The van der Waals surface area contributed by atoms with Crippen LogP contribution in [0.4, 0.5) is 5.69 Å². The van der Waals surface area contributed by atoms with E-state index in [0.29, 0.717) is 11.4 Å². The fourth-order valence-electron chi connectivity index (χ4n) is 1.97. The minimum Gasteiger partial charge on any atom is -0.475 e. The summed E-state index contributed by atoms with van der Waals surface area (Å²) in [6, 6.07) is 9.33. The summed E-state index contributed by atoms with van der Waals surface area (Å²) in [5.74, 6) is 0.346. The van der Waals surface area contributed by atoms with Crippen LogP contribution >= 0.6 is 0 Å². The molecule has 0 fully saturated rings. The van der Waals surface area contributed by atoms with Crippen LogP contribution in [0.5, 0.6) is 5.88 Å². The Bertz CT molecular complexity index is 634. The van der Waals surface area contributed by atoms with E-state index in [1.165, 1.54) is 11.8 Å². The Hall–Kier alpha value is -2.36. The number of aromatic nitrogens is 1. The number of amides is 1. The number of carbonyl (C=O) groups is 1. The first-order valence-corrected chi connectivity index (χ1v) is 6.97. The number of rotatable bonds is 4. The molecule has 0 aliphatic rings. The third kappa shape index (κ3) is 4.05. The Balaban J connectivity index is 2.09. The van der Waals surface area contributed by atoms with Gasteiger partial charge in [-0.15, -0.1) is 0 Å². The Labute approximate surface area is 125 Å². The third-order valence-corrected chi connectivity index (χ3v) is 2.99. The van der Waals surface area contributed by atoms with E-state index in [-0.39, 0.29) is 12.0 Å². The predicted octanol–water partition coefficient (Wildman–Crippen LogP) is 3.74. The number of nitrogens with one attached hydrogen (secondary N) is 1. The first-order valence-electron chi connectivity index (χ1n) is 6.97. The van der Waals surface area contributed by atoms with Crippen molar-refractivity contribution in [3.05, 3.63) is 53.2 Å². The van der Waals surface area contributed by atoms with E-state index in [1.807, 2.05) is 45.9 Å². The lowest BCUT2D eigenvalue weighted by Gasteiger charge is -2.10. The molecule has 0 aliphatic heterocycles. The number of ether oxygens (including phenoxy) is 1. The van der Waals surface area contributed by atoms with Crippen molar-refractivity contribution in [3.8, 4) is 5.88 Å². The molecule has 1 amide bonds. The molecule has 0 aliphatic carbocycles. The molecule has 0 bridgehead atoms. The average Bonchev–Trinajstić information content (AvgIpc) is 2.42. The molecule has 2 rings (SSSR count). The van der Waals surface area contributed by atoms with Crippen molar-refractivity contribution in [2.75, 3.05) is 5.32 Å². The van der Waals surface area contributed by atoms with E-state index < -0.39 is 0 Å². The van der Waals surface area contributed by atoms with Gasteiger partial charge in [-0.1, -0.05) is 17.7 Å². The molecular formula is C17H20N2O2. The number of carbonyl (C=O) groups excluding carboxylic acids is 1. The second-order valence-electron chi connectivity index (χ2n) is 5.32. The summed E-state index contributed by atoms with van der Waals surface area (Å²) in [7, 11) is 0. The Morgan fingerprint density at radius 3 is 2.52 bits per heavy atom. The van der Waals surface area contributed by atoms with Crippen molar-refractivity contribution < 1.29 is 9.53 Å². The second-order valence-corrected chi connectivity index (χ2v) is 5.32. The highest BCUT2D eigenvalue weighted by molar-refractivity contribution is 6.04. The van der Waals surface area contributed by atoms with Crippen LogP contribution in [0.2, 0.25) is 0 Å². The zero-order valence-corrected chi connectivity index (χ0v) is 12.8. The summed E-state index contributed by atoms with van der Waals surface area (Å²) >= 11 is 0. The van der Waals surface area contributed by atoms with Gasteiger partial charge >= 0.3 is 0 Å². The van der Waals surface area contributed by atoms with Gasteiger partial charge in [0.15, 0.2) is 0 Å². The van der Waals surface area contributed by atoms with E-state index in [9.17, 15) is 4.79 Å². The second kappa shape index (κ2) is 6.39. The summed E-state index contributed by atoms with van der Waals surface area (Å²) < 4.78 is 5.46. The lowest BCUT2D eigenvalue weighted by Crippen LogP contribution is -2.13. The maximum absolute atomic E-state index is 12.2. The monoisotopic (exact) mass is 284 g/mol. The molecule has 110 valence electrons. The molecule has 1 heterocycles. The maximum atomic E-state index is 12.2. The highest BCUT2D eigenvalue weighted by Gasteiger charge is 2.09. The van der Waals surface area contributed by atoms with Crippen LogP contribution in [0, 0.1) is 13.8 Å². The Kier molecular flexibility index (Phi) is 4.58. The topological polar surface area (TPSA) is 51.2 Å². The zero-order chi connectivity index (χ0) is 15.4. The quantitative estimate of drug-likeness (QED) is 0.930. The minimum absolute atomic E-state index is 0.0624. The fraction of sp³-hybridized carbons (Fsp3) is 0.294. The Morgan fingerprint density at radius 1 is 1.19 bits per heavy atom. The van der Waals surface area contributed by atoms with Gasteiger partial charge in [-0.2, -0.15) is 0 Å². The smallest absolute Gasteiger partial charge is 0.257 e. The molecule has 2 aromatic rings. The SMILES string of the molecule is Cc1ccc(NC(=O)c2ccc(OC(C)C)nc2)c(C)c1. The van der Waals surface area contributed by atoms with Gasteiger partial charge in [0.1, 0.15) is 0 Å². The van der Waals surface area contributed by atoms with Crippen molar-refractivity contribution in [2.24, 2.45) is 0 Å². The molecule has 21 heavy (non-hydrogen) atoms. The van der Waals surface area contributed by atoms with Crippen molar-refractivity contribution >= 4 is 11.6 Å². The van der Waals surface area contributed by atoms with Crippen LogP contribution in [0.25, 0.3) is 0 Å². The van der Waals surface area contributed by atoms with E-state index >= 15 is 0 Å². The summed E-state index contributed by atoms with van der Waals surface area (Å²) in [4.78, 5) is 16.3. The molecule has 0 atom stereocenters. The van der Waals surface area contributed by atoms with Crippen LogP contribution in [-0.2, 0) is 0 Å². The number of pyridine rings is 1. The van der Waals surface area contributed by atoms with Gasteiger partial charge in [0, 0.05) is 18.0 Å². The minimum atomic E-state index is -0.175. The van der Waals surface area contributed by atoms with Crippen molar-refractivity contribution in [1.29, 1.82) is 0 Å². The van der Waals surface area contributed by atoms with Gasteiger partial charge in [-0.25, -0.2) is 4.98 Å². The molecule has 0 radical (unpaired) electrons. The molecule has 0 spiro atoms. The van der Waals surface area contributed by atoms with Crippen molar-refractivity contribution in [1.82, 2.24) is 4.98 Å². The van der Waals surface area contributed by atoms with Gasteiger partial charge in [0.25, 0.3) is 5.91 Å². The van der Waals surface area contributed by atoms with Gasteiger partial charge in [-0.05, 0) is 45.4 Å². The number of hydrogen-bond acceptors (Lipinski definition) is 3. The maximum Gasteiger partial charge on any atom is 0.257 e. The highest BCUT2D eigenvalue weighted by atomic mass is 16.5. The molecule has 0 saturated carbocycles. The third-order valence-electron chi connectivity index (χ3n) is 2.99. The van der Waals surface area contributed by atoms with Crippen LogP contribution in [0.1, 0.15) is 35.3 Å². The molecule has 4 nitrogen and oxygen atoms in total. The standard InChI is InChI=1S/C17H20N2O2/c1-11(2)21-16-8-6-14(10-18-16)17(20)19-15-7-5-12(3)9-13(15)4/h5-11H,1-4H3,(H,19,20). The van der Waals surface area contributed by atoms with E-state index in [4.69, 9.17) is 4.74 Å². The van der Waals surface area contributed by atoms with E-state index in [1.54, 1.807) is 12.1 Å². The first kappa shape index (κ1) is 15.0. The van der Waals surface area contributed by atoms with Gasteiger partial charge < -0.3 is 10.1 Å². The fourth-order valence-corrected chi connectivity index (χ4v) is 1.97. The average molecular weight is 284 g/mol. The lowest BCUT2D eigenvalue weighted by atomic mass is 10.1. The summed E-state index contributed by atoms with van der Waals surface area (Å²) in [5, 5.41) is 2.89. The summed E-state index contributed by atoms with van der Waals surface area (Å²) in [5.41, 5.74) is 3.53. The van der Waals surface area contributed by atoms with Gasteiger partial charge in [-0.3, -0.25) is 4.79 Å². The predicted molar refractivity (Wildman–Crippen MR) is 83.9 cm³/mol. The Morgan fingerprint density at radius 2 is 1.95 bits per heavy atom. The van der Waals surface area contributed by atoms with E-state index in [2.05, 4.69) is 10.3 Å². The molecule has 1 aromatic heterocycles. The normalized spacial score (nSPS) is 10.5. The number of anilines is 1.